The minimum absolute atomic E-state index is 0.956. The molecule has 0 aliphatic carbocycles. The first kappa shape index (κ1) is 21.3. The third-order valence-electron chi connectivity index (χ3n) is 7.04. The zero-order valence-electron chi connectivity index (χ0n) is 20.3. The standard InChI is InChI=1S/C35H24N2/c1-2-10-25(11-3-1)30-13-6-7-15-32(30)29-22-28-12-4-5-14-31(28)33(23-29)26-17-19-27(20-18-26)34-24-37-21-9-8-16-35(37)36-34/h1-24H. The summed E-state index contributed by atoms with van der Waals surface area (Å²) in [5.41, 5.74) is 10.4. The summed E-state index contributed by atoms with van der Waals surface area (Å²) in [4.78, 5) is 4.79. The van der Waals surface area contributed by atoms with E-state index in [1.54, 1.807) is 0 Å². The SMILES string of the molecule is c1ccc(-c2ccccc2-c2cc(-c3ccc(-c4cn5ccccc5n4)cc3)c3ccccc3c2)cc1. The smallest absolute Gasteiger partial charge is 0.137 e. The van der Waals surface area contributed by atoms with E-state index in [0.29, 0.717) is 0 Å². The highest BCUT2D eigenvalue weighted by molar-refractivity contribution is 6.01. The summed E-state index contributed by atoms with van der Waals surface area (Å²) in [5.74, 6) is 0. The molecule has 2 heterocycles. The van der Waals surface area contributed by atoms with Crippen LogP contribution in [0.4, 0.5) is 0 Å². The summed E-state index contributed by atoms with van der Waals surface area (Å²) < 4.78 is 2.06. The molecule has 0 N–H and O–H groups in total. The molecular formula is C35H24N2. The Balaban J connectivity index is 1.36. The van der Waals surface area contributed by atoms with Crippen LogP contribution in [0, 0.1) is 0 Å². The Morgan fingerprint density at radius 2 is 1.11 bits per heavy atom. The second-order valence-electron chi connectivity index (χ2n) is 9.33. The van der Waals surface area contributed by atoms with Crippen LogP contribution < -0.4 is 0 Å². The van der Waals surface area contributed by atoms with Gasteiger partial charge in [0.1, 0.15) is 5.65 Å². The lowest BCUT2D eigenvalue weighted by Gasteiger charge is -2.15. The molecular weight excluding hydrogens is 448 g/mol. The summed E-state index contributed by atoms with van der Waals surface area (Å²) in [6.07, 6.45) is 4.12. The van der Waals surface area contributed by atoms with Gasteiger partial charge >= 0.3 is 0 Å². The maximum atomic E-state index is 4.79. The van der Waals surface area contributed by atoms with Crippen LogP contribution in [0.25, 0.3) is 61.1 Å². The van der Waals surface area contributed by atoms with Crippen molar-refractivity contribution in [2.24, 2.45) is 0 Å². The maximum Gasteiger partial charge on any atom is 0.137 e. The molecule has 0 radical (unpaired) electrons. The van der Waals surface area contributed by atoms with Crippen LogP contribution in [0.1, 0.15) is 0 Å². The van der Waals surface area contributed by atoms with Gasteiger partial charge in [0.15, 0.2) is 0 Å². The van der Waals surface area contributed by atoms with Gasteiger partial charge in [0, 0.05) is 18.0 Å². The average molecular weight is 473 g/mol. The van der Waals surface area contributed by atoms with Crippen molar-refractivity contribution in [1.29, 1.82) is 0 Å². The normalized spacial score (nSPS) is 11.2. The van der Waals surface area contributed by atoms with Gasteiger partial charge in [-0.05, 0) is 68.4 Å². The number of hydrogen-bond donors (Lipinski definition) is 0. The van der Waals surface area contributed by atoms with Gasteiger partial charge in [0.05, 0.1) is 5.69 Å². The Hall–Kier alpha value is -4.95. The maximum absolute atomic E-state index is 4.79. The van der Waals surface area contributed by atoms with Crippen molar-refractivity contribution in [1.82, 2.24) is 9.38 Å². The summed E-state index contributed by atoms with van der Waals surface area (Å²) in [5, 5.41) is 2.49. The van der Waals surface area contributed by atoms with E-state index in [2.05, 4.69) is 126 Å². The molecule has 0 bridgehead atoms. The van der Waals surface area contributed by atoms with E-state index < -0.39 is 0 Å². The number of aromatic nitrogens is 2. The molecule has 174 valence electrons. The molecule has 2 heteroatoms. The quantitative estimate of drug-likeness (QED) is 0.250. The Morgan fingerprint density at radius 3 is 1.92 bits per heavy atom. The summed E-state index contributed by atoms with van der Waals surface area (Å²) in [6.45, 7) is 0. The van der Waals surface area contributed by atoms with Gasteiger partial charge in [0.2, 0.25) is 0 Å². The molecule has 0 saturated carbocycles. The molecule has 0 saturated heterocycles. The van der Waals surface area contributed by atoms with E-state index in [1.165, 1.54) is 44.2 Å². The minimum Gasteiger partial charge on any atom is -0.306 e. The lowest BCUT2D eigenvalue weighted by Crippen LogP contribution is -1.88. The summed E-state index contributed by atoms with van der Waals surface area (Å²) >= 11 is 0. The Morgan fingerprint density at radius 1 is 0.459 bits per heavy atom. The molecule has 0 amide bonds. The zero-order chi connectivity index (χ0) is 24.6. The van der Waals surface area contributed by atoms with Gasteiger partial charge in [-0.15, -0.1) is 0 Å². The number of imidazole rings is 1. The number of fused-ring (bicyclic) bond motifs is 2. The fourth-order valence-corrected chi connectivity index (χ4v) is 5.20. The Bertz CT molecular complexity index is 1830. The van der Waals surface area contributed by atoms with Crippen molar-refractivity contribution >= 4 is 16.4 Å². The van der Waals surface area contributed by atoms with Gasteiger partial charge in [-0.3, -0.25) is 0 Å². The number of benzene rings is 5. The minimum atomic E-state index is 0.956. The predicted molar refractivity (Wildman–Crippen MR) is 154 cm³/mol. The Labute approximate surface area is 216 Å². The molecule has 7 rings (SSSR count). The highest BCUT2D eigenvalue weighted by Crippen LogP contribution is 2.38. The number of nitrogens with zero attached hydrogens (tertiary/aromatic N) is 2. The van der Waals surface area contributed by atoms with Crippen molar-refractivity contribution < 1.29 is 0 Å². The van der Waals surface area contributed by atoms with Gasteiger partial charge < -0.3 is 4.40 Å². The number of rotatable bonds is 4. The molecule has 0 spiro atoms. The second kappa shape index (κ2) is 8.92. The van der Waals surface area contributed by atoms with Crippen LogP contribution in [0.5, 0.6) is 0 Å². The largest absolute Gasteiger partial charge is 0.306 e. The first-order chi connectivity index (χ1) is 18.3. The monoisotopic (exact) mass is 472 g/mol. The van der Waals surface area contributed by atoms with Crippen LogP contribution in [0.3, 0.4) is 0 Å². The van der Waals surface area contributed by atoms with Crippen molar-refractivity contribution in [2.75, 3.05) is 0 Å². The lowest BCUT2D eigenvalue weighted by molar-refractivity contribution is 1.19. The third kappa shape index (κ3) is 3.89. The van der Waals surface area contributed by atoms with Crippen LogP contribution in [0.2, 0.25) is 0 Å². The zero-order valence-corrected chi connectivity index (χ0v) is 20.3. The van der Waals surface area contributed by atoms with E-state index in [0.717, 1.165) is 16.9 Å². The molecule has 0 fully saturated rings. The van der Waals surface area contributed by atoms with Gasteiger partial charge in [-0.1, -0.05) is 109 Å². The van der Waals surface area contributed by atoms with E-state index in [9.17, 15) is 0 Å². The van der Waals surface area contributed by atoms with Gasteiger partial charge in [0.25, 0.3) is 0 Å². The fraction of sp³-hybridized carbons (Fsp3) is 0. The van der Waals surface area contributed by atoms with Gasteiger partial charge in [-0.2, -0.15) is 0 Å². The molecule has 2 nitrogen and oxygen atoms in total. The number of pyridine rings is 1. The van der Waals surface area contributed by atoms with E-state index in [1.807, 2.05) is 24.4 Å². The average Bonchev–Trinajstić information content (AvgIpc) is 3.42. The molecule has 37 heavy (non-hydrogen) atoms. The molecule has 7 aromatic rings. The van der Waals surface area contributed by atoms with Crippen LogP contribution in [-0.2, 0) is 0 Å². The first-order valence-electron chi connectivity index (χ1n) is 12.6. The lowest BCUT2D eigenvalue weighted by atomic mass is 9.89. The van der Waals surface area contributed by atoms with Gasteiger partial charge in [-0.25, -0.2) is 4.98 Å². The van der Waals surface area contributed by atoms with Crippen molar-refractivity contribution in [3.05, 3.63) is 146 Å². The van der Waals surface area contributed by atoms with Crippen LogP contribution >= 0.6 is 0 Å². The van der Waals surface area contributed by atoms with Crippen LogP contribution in [0.15, 0.2) is 146 Å². The topological polar surface area (TPSA) is 17.3 Å². The highest BCUT2D eigenvalue weighted by atomic mass is 15.0. The molecule has 0 atom stereocenters. The van der Waals surface area contributed by atoms with Crippen molar-refractivity contribution in [3.63, 3.8) is 0 Å². The second-order valence-corrected chi connectivity index (χ2v) is 9.33. The van der Waals surface area contributed by atoms with Crippen molar-refractivity contribution in [3.8, 4) is 44.6 Å². The van der Waals surface area contributed by atoms with E-state index in [4.69, 9.17) is 4.98 Å². The molecule has 0 aliphatic rings. The van der Waals surface area contributed by atoms with Crippen molar-refractivity contribution in [2.45, 2.75) is 0 Å². The third-order valence-corrected chi connectivity index (χ3v) is 7.04. The fourth-order valence-electron chi connectivity index (χ4n) is 5.20. The molecule has 2 aromatic heterocycles. The summed E-state index contributed by atoms with van der Waals surface area (Å²) in [7, 11) is 0. The van der Waals surface area contributed by atoms with E-state index in [-0.39, 0.29) is 0 Å². The highest BCUT2D eigenvalue weighted by Gasteiger charge is 2.12. The molecule has 0 unspecified atom stereocenters. The molecule has 5 aromatic carbocycles. The molecule has 0 aliphatic heterocycles. The Kier molecular flexibility index (Phi) is 5.15. The summed E-state index contributed by atoms with van der Waals surface area (Å²) in [6, 6.07) is 47.5. The van der Waals surface area contributed by atoms with E-state index >= 15 is 0 Å². The predicted octanol–water partition coefficient (Wildman–Crippen LogP) is 9.16. The first-order valence-corrected chi connectivity index (χ1v) is 12.6. The number of hydrogen-bond acceptors (Lipinski definition) is 1. The van der Waals surface area contributed by atoms with Crippen LogP contribution in [-0.4, -0.2) is 9.38 Å².